The lowest BCUT2D eigenvalue weighted by Crippen LogP contribution is -2.60. The quantitative estimate of drug-likeness (QED) is 0.524. The zero-order valence-corrected chi connectivity index (χ0v) is 22.5. The van der Waals surface area contributed by atoms with Gasteiger partial charge in [0.1, 0.15) is 12.1 Å². The third kappa shape index (κ3) is 5.23. The summed E-state index contributed by atoms with van der Waals surface area (Å²) < 4.78 is 0. The molecular weight excluding hydrogens is 470 g/mol. The molecule has 0 radical (unpaired) electrons. The van der Waals surface area contributed by atoms with Gasteiger partial charge < -0.3 is 25.8 Å². The summed E-state index contributed by atoms with van der Waals surface area (Å²) in [4.78, 5) is 58.3. The molecule has 1 aromatic carbocycles. The molecule has 3 atom stereocenters. The minimum atomic E-state index is -0.873. The summed E-state index contributed by atoms with van der Waals surface area (Å²) in [6, 6.07) is 5.63. The summed E-state index contributed by atoms with van der Waals surface area (Å²) in [5.41, 5.74) is 6.92. The number of nitrogens with one attached hydrogen (secondary N) is 1. The maximum Gasteiger partial charge on any atom is 0.251 e. The van der Waals surface area contributed by atoms with Crippen molar-refractivity contribution < 1.29 is 19.2 Å². The Labute approximate surface area is 219 Å². The van der Waals surface area contributed by atoms with Crippen molar-refractivity contribution in [2.24, 2.45) is 11.7 Å². The van der Waals surface area contributed by atoms with Crippen LogP contribution in [0.25, 0.3) is 0 Å². The first-order chi connectivity index (χ1) is 17.6. The Balaban J connectivity index is 1.47. The Kier molecular flexibility index (Phi) is 7.92. The van der Waals surface area contributed by atoms with Crippen LogP contribution in [0.15, 0.2) is 24.3 Å². The highest BCUT2D eigenvalue weighted by atomic mass is 16.2. The number of rotatable bonds is 9. The number of Topliss-reactive ketones (excluding diaryl/α,β-unsaturated/α-hetero) is 1. The summed E-state index contributed by atoms with van der Waals surface area (Å²) in [5, 5.41) is 2.93. The highest BCUT2D eigenvalue weighted by Crippen LogP contribution is 2.37. The van der Waals surface area contributed by atoms with Crippen molar-refractivity contribution >= 4 is 29.2 Å². The van der Waals surface area contributed by atoms with Gasteiger partial charge in [-0.2, -0.15) is 0 Å². The molecule has 1 aromatic rings. The highest BCUT2D eigenvalue weighted by molar-refractivity contribution is 6.02. The molecule has 3 N–H and O–H groups in total. The van der Waals surface area contributed by atoms with Gasteiger partial charge in [-0.1, -0.05) is 13.8 Å². The Bertz CT molecular complexity index is 1030. The summed E-state index contributed by atoms with van der Waals surface area (Å²) in [5.74, 6) is -0.720. The zero-order chi connectivity index (χ0) is 26.9. The minimum absolute atomic E-state index is 0.00299. The van der Waals surface area contributed by atoms with Crippen molar-refractivity contribution in [1.29, 1.82) is 0 Å². The van der Waals surface area contributed by atoms with E-state index in [4.69, 9.17) is 5.73 Å². The second-order valence-corrected chi connectivity index (χ2v) is 11.1. The van der Waals surface area contributed by atoms with Gasteiger partial charge in [-0.15, -0.1) is 0 Å². The summed E-state index contributed by atoms with van der Waals surface area (Å²) in [6.45, 7) is 10.3. The molecule has 1 saturated carbocycles. The molecule has 3 fully saturated rings. The van der Waals surface area contributed by atoms with Gasteiger partial charge in [0.25, 0.3) is 5.91 Å². The van der Waals surface area contributed by atoms with Gasteiger partial charge >= 0.3 is 0 Å². The number of ketones is 1. The molecule has 2 heterocycles. The molecule has 3 amide bonds. The van der Waals surface area contributed by atoms with E-state index in [0.717, 1.165) is 25.2 Å². The van der Waals surface area contributed by atoms with E-state index in [0.29, 0.717) is 37.8 Å². The van der Waals surface area contributed by atoms with Crippen molar-refractivity contribution in [2.75, 3.05) is 31.1 Å². The van der Waals surface area contributed by atoms with Gasteiger partial charge in [-0.25, -0.2) is 0 Å². The molecule has 3 unspecified atom stereocenters. The molecule has 1 aliphatic carbocycles. The van der Waals surface area contributed by atoms with Crippen LogP contribution < -0.4 is 16.0 Å². The average Bonchev–Trinajstić information content (AvgIpc) is 3.43. The van der Waals surface area contributed by atoms with E-state index in [-0.39, 0.29) is 42.0 Å². The third-order valence-corrected chi connectivity index (χ3v) is 8.21. The van der Waals surface area contributed by atoms with E-state index in [2.05, 4.69) is 24.1 Å². The van der Waals surface area contributed by atoms with Crippen molar-refractivity contribution in [1.82, 2.24) is 15.1 Å². The Morgan fingerprint density at radius 3 is 2.30 bits per heavy atom. The van der Waals surface area contributed by atoms with E-state index in [1.54, 1.807) is 21.9 Å². The number of likely N-dealkylation sites (tertiary alicyclic amines) is 2. The maximum absolute atomic E-state index is 13.7. The Morgan fingerprint density at radius 2 is 1.76 bits per heavy atom. The number of nitrogens with two attached hydrogens (primary N) is 1. The maximum atomic E-state index is 13.7. The van der Waals surface area contributed by atoms with Crippen molar-refractivity contribution in [2.45, 2.75) is 83.5 Å². The Morgan fingerprint density at radius 1 is 1.11 bits per heavy atom. The number of carbonyl (C=O) groups is 4. The monoisotopic (exact) mass is 511 g/mol. The molecule has 2 aliphatic heterocycles. The van der Waals surface area contributed by atoms with E-state index in [1.807, 2.05) is 26.0 Å². The molecular formula is C28H41N5O4. The molecule has 9 heteroatoms. The van der Waals surface area contributed by atoms with Gasteiger partial charge in [0, 0.05) is 30.9 Å². The molecule has 0 aromatic heterocycles. The standard InChI is InChI=1S/C28H41N5O4/c1-5-31(6-2)20-10-8-19(9-11-20)25(35)30-21(16-18(3)4)26(36)32-15-12-22-24(32)23(34)17-33(22)27(37)28(29)13-7-14-28/h8-11,18,21-22,24H,5-7,12-17,29H2,1-4H3,(H,30,35). The van der Waals surface area contributed by atoms with Gasteiger partial charge in [0.2, 0.25) is 11.8 Å². The SMILES string of the molecule is CCN(CC)c1ccc(C(=O)NC(CC(C)C)C(=O)N2CCC3C2C(=O)CN3C(=O)C2(N)CCC2)cc1. The van der Waals surface area contributed by atoms with Crippen LogP contribution in [0.4, 0.5) is 5.69 Å². The molecule has 0 spiro atoms. The fourth-order valence-corrected chi connectivity index (χ4v) is 5.94. The largest absolute Gasteiger partial charge is 0.372 e. The van der Waals surface area contributed by atoms with Crippen LogP contribution in [0.1, 0.15) is 70.2 Å². The van der Waals surface area contributed by atoms with E-state index in [9.17, 15) is 19.2 Å². The van der Waals surface area contributed by atoms with Crippen LogP contribution in [-0.2, 0) is 14.4 Å². The number of nitrogens with zero attached hydrogens (tertiary/aromatic N) is 3. The fraction of sp³-hybridized carbons (Fsp3) is 0.643. The van der Waals surface area contributed by atoms with E-state index < -0.39 is 17.6 Å². The Hall–Kier alpha value is -2.94. The lowest BCUT2D eigenvalue weighted by molar-refractivity contribution is -0.141. The number of carbonyl (C=O) groups excluding carboxylic acids is 4. The van der Waals surface area contributed by atoms with E-state index >= 15 is 0 Å². The van der Waals surface area contributed by atoms with Crippen LogP contribution >= 0.6 is 0 Å². The molecule has 0 bridgehead atoms. The molecule has 4 rings (SSSR count). The number of amides is 3. The lowest BCUT2D eigenvalue weighted by atomic mass is 9.76. The van der Waals surface area contributed by atoms with Crippen molar-refractivity contribution in [3.63, 3.8) is 0 Å². The molecule has 2 saturated heterocycles. The van der Waals surface area contributed by atoms with Crippen LogP contribution in [0, 0.1) is 5.92 Å². The van der Waals surface area contributed by atoms with Gasteiger partial charge in [-0.05, 0) is 76.1 Å². The molecule has 3 aliphatic rings. The second-order valence-electron chi connectivity index (χ2n) is 11.1. The van der Waals surface area contributed by atoms with Crippen LogP contribution in [0.2, 0.25) is 0 Å². The summed E-state index contributed by atoms with van der Waals surface area (Å²) in [6.07, 6.45) is 3.18. The number of anilines is 1. The predicted molar refractivity (Wildman–Crippen MR) is 142 cm³/mol. The lowest BCUT2D eigenvalue weighted by Gasteiger charge is -2.40. The summed E-state index contributed by atoms with van der Waals surface area (Å²) >= 11 is 0. The predicted octanol–water partition coefficient (Wildman–Crippen LogP) is 1.94. The van der Waals surface area contributed by atoms with Crippen LogP contribution in [0.3, 0.4) is 0 Å². The average molecular weight is 512 g/mol. The normalized spacial score (nSPS) is 23.0. The minimum Gasteiger partial charge on any atom is -0.372 e. The first-order valence-corrected chi connectivity index (χ1v) is 13.7. The van der Waals surface area contributed by atoms with Gasteiger partial charge in [-0.3, -0.25) is 19.2 Å². The number of hydrogen-bond acceptors (Lipinski definition) is 6. The highest BCUT2D eigenvalue weighted by Gasteiger charge is 2.55. The van der Waals surface area contributed by atoms with Gasteiger partial charge in [0.15, 0.2) is 5.78 Å². The van der Waals surface area contributed by atoms with Crippen LogP contribution in [0.5, 0.6) is 0 Å². The van der Waals surface area contributed by atoms with Gasteiger partial charge in [0.05, 0.1) is 18.1 Å². The zero-order valence-electron chi connectivity index (χ0n) is 22.5. The smallest absolute Gasteiger partial charge is 0.251 e. The first kappa shape index (κ1) is 27.1. The molecule has 9 nitrogen and oxygen atoms in total. The van der Waals surface area contributed by atoms with Crippen molar-refractivity contribution in [3.05, 3.63) is 29.8 Å². The van der Waals surface area contributed by atoms with Crippen molar-refractivity contribution in [3.8, 4) is 0 Å². The van der Waals surface area contributed by atoms with Crippen LogP contribution in [-0.4, -0.2) is 83.1 Å². The number of benzene rings is 1. The third-order valence-electron chi connectivity index (χ3n) is 8.21. The first-order valence-electron chi connectivity index (χ1n) is 13.7. The summed E-state index contributed by atoms with van der Waals surface area (Å²) in [7, 11) is 0. The second kappa shape index (κ2) is 10.8. The number of hydrogen-bond donors (Lipinski definition) is 2. The molecule has 37 heavy (non-hydrogen) atoms. The van der Waals surface area contributed by atoms with E-state index in [1.165, 1.54) is 0 Å². The molecule has 202 valence electrons. The fourth-order valence-electron chi connectivity index (χ4n) is 5.94. The topological polar surface area (TPSA) is 116 Å². The number of fused-ring (bicyclic) bond motifs is 1.